The Balaban J connectivity index is 2.14. The second-order valence-electron chi connectivity index (χ2n) is 4.74. The van der Waals surface area contributed by atoms with Gasteiger partial charge in [-0.1, -0.05) is 23.2 Å². The molecule has 2 aromatic carbocycles. The van der Waals surface area contributed by atoms with Crippen molar-refractivity contribution in [3.8, 4) is 5.75 Å². The van der Waals surface area contributed by atoms with Gasteiger partial charge in [-0.2, -0.15) is 0 Å². The number of rotatable bonds is 5. The van der Waals surface area contributed by atoms with Gasteiger partial charge in [-0.15, -0.1) is 0 Å². The molecule has 0 aromatic heterocycles. The molecule has 0 radical (unpaired) electrons. The normalized spacial score (nSPS) is 11.7. The number of nitro benzene ring substituents is 1. The summed E-state index contributed by atoms with van der Waals surface area (Å²) in [5.74, 6) is -1.67. The van der Waals surface area contributed by atoms with Crippen molar-refractivity contribution in [3.05, 3.63) is 62.4 Å². The molecule has 1 N–H and O–H groups in total. The Hall–Kier alpha value is -2.38. The van der Waals surface area contributed by atoms with E-state index in [2.05, 4.69) is 5.32 Å². The van der Waals surface area contributed by atoms with E-state index >= 15 is 0 Å². The average Bonchev–Trinajstić information content (AvgIpc) is 2.49. The van der Waals surface area contributed by atoms with Crippen LogP contribution in [0.1, 0.15) is 6.92 Å². The van der Waals surface area contributed by atoms with Crippen molar-refractivity contribution in [3.63, 3.8) is 0 Å². The van der Waals surface area contributed by atoms with Gasteiger partial charge in [0.15, 0.2) is 6.10 Å². The van der Waals surface area contributed by atoms with Gasteiger partial charge in [0.2, 0.25) is 5.75 Å². The maximum Gasteiger partial charge on any atom is 0.311 e. The lowest BCUT2D eigenvalue weighted by Crippen LogP contribution is -2.30. The number of nitrogens with zero attached hydrogens (tertiary/aromatic N) is 1. The Morgan fingerprint density at radius 2 is 2.00 bits per heavy atom. The zero-order chi connectivity index (χ0) is 17.9. The van der Waals surface area contributed by atoms with Gasteiger partial charge in [-0.3, -0.25) is 14.9 Å². The van der Waals surface area contributed by atoms with Crippen LogP contribution in [0.25, 0.3) is 0 Å². The number of amides is 1. The minimum atomic E-state index is -1.13. The number of hydrogen-bond donors (Lipinski definition) is 1. The summed E-state index contributed by atoms with van der Waals surface area (Å²) in [5, 5.41) is 14.0. The van der Waals surface area contributed by atoms with Crippen LogP contribution in [0.2, 0.25) is 10.0 Å². The molecule has 0 saturated heterocycles. The highest BCUT2D eigenvalue weighted by Gasteiger charge is 2.22. The fraction of sp³-hybridized carbons (Fsp3) is 0.133. The van der Waals surface area contributed by atoms with Gasteiger partial charge >= 0.3 is 5.69 Å². The molecule has 0 bridgehead atoms. The fourth-order valence-corrected chi connectivity index (χ4v) is 2.26. The molecular weight excluding hydrogens is 362 g/mol. The smallest absolute Gasteiger partial charge is 0.311 e. The summed E-state index contributed by atoms with van der Waals surface area (Å²) < 4.78 is 18.5. The van der Waals surface area contributed by atoms with Gasteiger partial charge in [-0.25, -0.2) is 4.39 Å². The highest BCUT2D eigenvalue weighted by molar-refractivity contribution is 6.36. The lowest BCUT2D eigenvalue weighted by atomic mass is 10.2. The summed E-state index contributed by atoms with van der Waals surface area (Å²) in [6.45, 7) is 1.37. The summed E-state index contributed by atoms with van der Waals surface area (Å²) in [5.41, 5.74) is -0.143. The van der Waals surface area contributed by atoms with Crippen molar-refractivity contribution in [2.75, 3.05) is 5.32 Å². The minimum absolute atomic E-state index is 0.222. The lowest BCUT2D eigenvalue weighted by Gasteiger charge is -2.15. The van der Waals surface area contributed by atoms with Crippen LogP contribution in [-0.4, -0.2) is 16.9 Å². The van der Waals surface area contributed by atoms with Crippen molar-refractivity contribution in [1.82, 2.24) is 0 Å². The highest BCUT2D eigenvalue weighted by atomic mass is 35.5. The van der Waals surface area contributed by atoms with Crippen LogP contribution in [0.3, 0.4) is 0 Å². The zero-order valence-electron chi connectivity index (χ0n) is 12.3. The quantitative estimate of drug-likeness (QED) is 0.620. The average molecular weight is 373 g/mol. The van der Waals surface area contributed by atoms with E-state index in [9.17, 15) is 19.3 Å². The molecule has 1 amide bonds. The molecule has 0 unspecified atom stereocenters. The van der Waals surface area contributed by atoms with Crippen LogP contribution >= 0.6 is 23.2 Å². The first-order valence-corrected chi connectivity index (χ1v) is 7.40. The molecule has 0 heterocycles. The number of ether oxygens (including phenoxy) is 1. The van der Waals surface area contributed by atoms with Gasteiger partial charge < -0.3 is 10.1 Å². The fourth-order valence-electron chi connectivity index (χ4n) is 1.80. The topological polar surface area (TPSA) is 81.5 Å². The maximum absolute atomic E-state index is 13.3. The molecule has 2 rings (SSSR count). The van der Waals surface area contributed by atoms with Gasteiger partial charge in [0.05, 0.1) is 15.6 Å². The number of hydrogen-bond acceptors (Lipinski definition) is 4. The van der Waals surface area contributed by atoms with E-state index in [0.717, 1.165) is 18.2 Å². The Kier molecular flexibility index (Phi) is 5.58. The number of benzene rings is 2. The molecular formula is C15H11Cl2FN2O4. The molecule has 0 spiro atoms. The van der Waals surface area contributed by atoms with E-state index in [1.54, 1.807) is 0 Å². The third kappa shape index (κ3) is 4.33. The van der Waals surface area contributed by atoms with E-state index in [4.69, 9.17) is 27.9 Å². The number of carbonyl (C=O) groups excluding carboxylic acids is 1. The van der Waals surface area contributed by atoms with E-state index in [-0.39, 0.29) is 10.8 Å². The first kappa shape index (κ1) is 18.0. The molecule has 0 aliphatic rings. The molecule has 126 valence electrons. The standard InChI is InChI=1S/C15H11Cl2FN2O4/c1-8(15(21)19-12-4-2-9(16)6-11(12)17)24-14-7-10(18)3-5-13(14)20(22)23/h2-8H,1H3,(H,19,21)/t8-/m0/s1. The molecule has 6 nitrogen and oxygen atoms in total. The summed E-state index contributed by atoms with van der Waals surface area (Å²) in [7, 11) is 0. The maximum atomic E-state index is 13.3. The third-order valence-corrected chi connectivity index (χ3v) is 3.53. The highest BCUT2D eigenvalue weighted by Crippen LogP contribution is 2.29. The number of nitro groups is 1. The molecule has 0 saturated carbocycles. The molecule has 2 aromatic rings. The number of nitrogens with one attached hydrogen (secondary N) is 1. The van der Waals surface area contributed by atoms with Crippen LogP contribution in [0, 0.1) is 15.9 Å². The molecule has 1 atom stereocenters. The Bertz CT molecular complexity index is 801. The predicted molar refractivity (Wildman–Crippen MR) is 88.2 cm³/mol. The summed E-state index contributed by atoms with van der Waals surface area (Å²) >= 11 is 11.7. The molecule has 24 heavy (non-hydrogen) atoms. The second kappa shape index (κ2) is 7.46. The van der Waals surface area contributed by atoms with Gasteiger partial charge in [0, 0.05) is 17.2 Å². The van der Waals surface area contributed by atoms with Gasteiger partial charge in [0.1, 0.15) is 5.82 Å². The SMILES string of the molecule is C[C@H](Oc1cc(F)ccc1[N+](=O)[O-])C(=O)Nc1ccc(Cl)cc1Cl. The van der Waals surface area contributed by atoms with Gasteiger partial charge in [-0.05, 0) is 31.2 Å². The van der Waals surface area contributed by atoms with Crippen LogP contribution < -0.4 is 10.1 Å². The van der Waals surface area contributed by atoms with Crippen molar-refractivity contribution in [2.45, 2.75) is 13.0 Å². The Labute approximate surface area is 146 Å². The number of carbonyl (C=O) groups is 1. The number of halogens is 3. The largest absolute Gasteiger partial charge is 0.474 e. The molecule has 0 fully saturated rings. The van der Waals surface area contributed by atoms with E-state index < -0.39 is 28.4 Å². The van der Waals surface area contributed by atoms with Crippen molar-refractivity contribution >= 4 is 40.5 Å². The summed E-state index contributed by atoms with van der Waals surface area (Å²) in [6.07, 6.45) is -1.13. The van der Waals surface area contributed by atoms with Crippen LogP contribution in [0.4, 0.5) is 15.8 Å². The molecule has 9 heteroatoms. The van der Waals surface area contributed by atoms with E-state index in [0.29, 0.717) is 10.7 Å². The predicted octanol–water partition coefficient (Wildman–Crippen LogP) is 4.45. The van der Waals surface area contributed by atoms with Crippen molar-refractivity contribution < 1.29 is 18.8 Å². The first-order chi connectivity index (χ1) is 11.3. The van der Waals surface area contributed by atoms with Crippen LogP contribution in [-0.2, 0) is 4.79 Å². The third-order valence-electron chi connectivity index (χ3n) is 2.98. The Morgan fingerprint density at radius 3 is 2.62 bits per heavy atom. The zero-order valence-corrected chi connectivity index (χ0v) is 13.8. The lowest BCUT2D eigenvalue weighted by molar-refractivity contribution is -0.386. The van der Waals surface area contributed by atoms with Crippen LogP contribution in [0.15, 0.2) is 36.4 Å². The first-order valence-electron chi connectivity index (χ1n) is 6.64. The summed E-state index contributed by atoms with van der Waals surface area (Å²) in [4.78, 5) is 22.3. The molecule has 0 aliphatic heterocycles. The molecule has 0 aliphatic carbocycles. The van der Waals surface area contributed by atoms with Crippen molar-refractivity contribution in [2.24, 2.45) is 0 Å². The Morgan fingerprint density at radius 1 is 1.29 bits per heavy atom. The number of anilines is 1. The van der Waals surface area contributed by atoms with Gasteiger partial charge in [0.25, 0.3) is 5.91 Å². The van der Waals surface area contributed by atoms with E-state index in [1.807, 2.05) is 0 Å². The monoisotopic (exact) mass is 372 g/mol. The minimum Gasteiger partial charge on any atom is -0.474 e. The van der Waals surface area contributed by atoms with E-state index in [1.165, 1.54) is 25.1 Å². The van der Waals surface area contributed by atoms with Crippen molar-refractivity contribution in [1.29, 1.82) is 0 Å². The van der Waals surface area contributed by atoms with Crippen LogP contribution in [0.5, 0.6) is 5.75 Å². The second-order valence-corrected chi connectivity index (χ2v) is 5.59. The summed E-state index contributed by atoms with van der Waals surface area (Å²) in [6, 6.07) is 7.22.